The lowest BCUT2D eigenvalue weighted by atomic mass is 10.1. The zero-order valence-corrected chi connectivity index (χ0v) is 13.9. The number of H-pyrrole nitrogens is 1. The van der Waals surface area contributed by atoms with Crippen LogP contribution in [0.4, 0.5) is 10.1 Å². The van der Waals surface area contributed by atoms with E-state index in [4.69, 9.17) is 4.74 Å². The topological polar surface area (TPSA) is 63.1 Å². The highest BCUT2D eigenvalue weighted by atomic mass is 19.1. The standard InChI is InChI=1S/C18H19FN4O2/c1-12-8-13(22-6-7-25-14(10-19)11-22)9-15-17(12)21-18(20-15)23-5-3-2-4-16(23)24/h2-5,8-9,14H,6-7,10-11H2,1H3,(H,20,21). The minimum absolute atomic E-state index is 0.140. The maximum absolute atomic E-state index is 12.9. The molecule has 1 fully saturated rings. The molecule has 0 spiro atoms. The Hall–Kier alpha value is -2.67. The van der Waals surface area contributed by atoms with Gasteiger partial charge < -0.3 is 14.6 Å². The number of alkyl halides is 1. The fourth-order valence-electron chi connectivity index (χ4n) is 3.20. The molecule has 7 heteroatoms. The Morgan fingerprint density at radius 2 is 2.28 bits per heavy atom. The second kappa shape index (κ2) is 6.33. The summed E-state index contributed by atoms with van der Waals surface area (Å²) in [6.45, 7) is 3.26. The molecule has 1 unspecified atom stereocenters. The fourth-order valence-corrected chi connectivity index (χ4v) is 3.20. The largest absolute Gasteiger partial charge is 0.372 e. The summed E-state index contributed by atoms with van der Waals surface area (Å²) in [6, 6.07) is 9.02. The molecule has 1 saturated heterocycles. The summed E-state index contributed by atoms with van der Waals surface area (Å²) in [5, 5.41) is 0. The van der Waals surface area contributed by atoms with E-state index in [-0.39, 0.29) is 11.7 Å². The molecule has 4 rings (SSSR count). The molecule has 0 radical (unpaired) electrons. The molecule has 3 aromatic rings. The number of fused-ring (bicyclic) bond motifs is 1. The summed E-state index contributed by atoms with van der Waals surface area (Å²) in [7, 11) is 0. The number of nitrogens with zero attached hydrogens (tertiary/aromatic N) is 3. The first-order valence-corrected chi connectivity index (χ1v) is 8.26. The number of ether oxygens (including phenoxy) is 1. The van der Waals surface area contributed by atoms with Gasteiger partial charge in [0.1, 0.15) is 12.8 Å². The maximum Gasteiger partial charge on any atom is 0.257 e. The van der Waals surface area contributed by atoms with Crippen molar-refractivity contribution in [1.82, 2.24) is 14.5 Å². The Morgan fingerprint density at radius 3 is 3.08 bits per heavy atom. The summed E-state index contributed by atoms with van der Waals surface area (Å²) >= 11 is 0. The lowest BCUT2D eigenvalue weighted by Crippen LogP contribution is -2.43. The second-order valence-electron chi connectivity index (χ2n) is 6.22. The van der Waals surface area contributed by atoms with Crippen LogP contribution in [-0.4, -0.2) is 47.0 Å². The number of aromatic amines is 1. The SMILES string of the molecule is Cc1cc(N2CCOC(CF)C2)cc2[nH]c(-n3ccccc3=O)nc12. The second-order valence-corrected chi connectivity index (χ2v) is 6.22. The van der Waals surface area contributed by atoms with Crippen LogP contribution >= 0.6 is 0 Å². The van der Waals surface area contributed by atoms with Gasteiger partial charge in [-0.05, 0) is 30.7 Å². The molecule has 6 nitrogen and oxygen atoms in total. The molecule has 25 heavy (non-hydrogen) atoms. The Bertz CT molecular complexity index is 965. The van der Waals surface area contributed by atoms with Gasteiger partial charge in [-0.15, -0.1) is 0 Å². The third-order valence-corrected chi connectivity index (χ3v) is 4.48. The third-order valence-electron chi connectivity index (χ3n) is 4.48. The summed E-state index contributed by atoms with van der Waals surface area (Å²) < 4.78 is 19.8. The van der Waals surface area contributed by atoms with Crippen LogP contribution in [0.1, 0.15) is 5.56 Å². The van der Waals surface area contributed by atoms with E-state index in [0.717, 1.165) is 28.8 Å². The number of imidazole rings is 1. The van der Waals surface area contributed by atoms with Crippen molar-refractivity contribution in [2.24, 2.45) is 0 Å². The number of halogens is 1. The molecule has 0 aliphatic carbocycles. The number of rotatable bonds is 3. The van der Waals surface area contributed by atoms with Gasteiger partial charge in [0, 0.05) is 31.0 Å². The van der Waals surface area contributed by atoms with E-state index in [0.29, 0.717) is 19.1 Å². The zero-order chi connectivity index (χ0) is 17.4. The van der Waals surface area contributed by atoms with Crippen LogP contribution < -0.4 is 10.5 Å². The van der Waals surface area contributed by atoms with Crippen LogP contribution in [0.25, 0.3) is 17.0 Å². The number of aryl methyl sites for hydroxylation is 1. The number of pyridine rings is 1. The normalized spacial score (nSPS) is 18.0. The molecule has 1 aromatic carbocycles. The first kappa shape index (κ1) is 15.8. The van der Waals surface area contributed by atoms with Gasteiger partial charge >= 0.3 is 0 Å². The van der Waals surface area contributed by atoms with Gasteiger partial charge in [-0.2, -0.15) is 0 Å². The van der Waals surface area contributed by atoms with E-state index in [1.165, 1.54) is 10.6 Å². The summed E-state index contributed by atoms with van der Waals surface area (Å²) in [4.78, 5) is 21.9. The number of benzene rings is 1. The smallest absolute Gasteiger partial charge is 0.257 e. The average molecular weight is 342 g/mol. The van der Waals surface area contributed by atoms with Crippen LogP contribution in [-0.2, 0) is 4.74 Å². The van der Waals surface area contributed by atoms with Gasteiger partial charge in [-0.25, -0.2) is 9.37 Å². The molecule has 1 atom stereocenters. The van der Waals surface area contributed by atoms with Crippen molar-refractivity contribution in [3.8, 4) is 5.95 Å². The van der Waals surface area contributed by atoms with E-state index in [9.17, 15) is 9.18 Å². The molecule has 1 N–H and O–H groups in total. The van der Waals surface area contributed by atoms with Crippen molar-refractivity contribution in [2.75, 3.05) is 31.3 Å². The molecule has 130 valence electrons. The molecule has 1 aliphatic rings. The molecule has 2 aromatic heterocycles. The van der Waals surface area contributed by atoms with Gasteiger partial charge in [-0.3, -0.25) is 9.36 Å². The molecule has 0 saturated carbocycles. The summed E-state index contributed by atoms with van der Waals surface area (Å²) in [5.74, 6) is 0.490. The Kier molecular flexibility index (Phi) is 4.01. The predicted octanol–water partition coefficient (Wildman–Crippen LogP) is 2.20. The maximum atomic E-state index is 12.9. The van der Waals surface area contributed by atoms with E-state index < -0.39 is 6.67 Å². The van der Waals surface area contributed by atoms with E-state index in [2.05, 4.69) is 14.9 Å². The third kappa shape index (κ3) is 2.91. The molecular formula is C18H19FN4O2. The van der Waals surface area contributed by atoms with Crippen LogP contribution in [0.5, 0.6) is 0 Å². The number of anilines is 1. The van der Waals surface area contributed by atoms with Crippen LogP contribution in [0.2, 0.25) is 0 Å². The molecule has 1 aliphatic heterocycles. The average Bonchev–Trinajstić information content (AvgIpc) is 3.06. The number of morpholine rings is 1. The van der Waals surface area contributed by atoms with Crippen molar-refractivity contribution in [3.63, 3.8) is 0 Å². The lowest BCUT2D eigenvalue weighted by molar-refractivity contribution is 0.0247. The first-order chi connectivity index (χ1) is 12.2. The van der Waals surface area contributed by atoms with Gasteiger partial charge in [0.05, 0.1) is 17.6 Å². The predicted molar refractivity (Wildman–Crippen MR) is 94.4 cm³/mol. The van der Waals surface area contributed by atoms with Gasteiger partial charge in [0.25, 0.3) is 5.56 Å². The Balaban J connectivity index is 1.75. The molecule has 0 bridgehead atoms. The minimum Gasteiger partial charge on any atom is -0.372 e. The van der Waals surface area contributed by atoms with Crippen molar-refractivity contribution < 1.29 is 9.13 Å². The molecule has 0 amide bonds. The number of hydrogen-bond donors (Lipinski definition) is 1. The summed E-state index contributed by atoms with van der Waals surface area (Å²) in [6.07, 6.45) is 1.30. The van der Waals surface area contributed by atoms with Crippen molar-refractivity contribution in [3.05, 3.63) is 52.4 Å². The highest BCUT2D eigenvalue weighted by molar-refractivity contribution is 5.84. The highest BCUT2D eigenvalue weighted by Gasteiger charge is 2.21. The number of hydrogen-bond acceptors (Lipinski definition) is 4. The summed E-state index contributed by atoms with van der Waals surface area (Å²) in [5.41, 5.74) is 3.54. The van der Waals surface area contributed by atoms with Gasteiger partial charge in [0.2, 0.25) is 5.95 Å². The lowest BCUT2D eigenvalue weighted by Gasteiger charge is -2.33. The Morgan fingerprint density at radius 1 is 1.40 bits per heavy atom. The van der Waals surface area contributed by atoms with Crippen LogP contribution in [0, 0.1) is 6.92 Å². The highest BCUT2D eigenvalue weighted by Crippen LogP contribution is 2.26. The van der Waals surface area contributed by atoms with Gasteiger partial charge in [-0.1, -0.05) is 6.07 Å². The van der Waals surface area contributed by atoms with Gasteiger partial charge in [0.15, 0.2) is 0 Å². The Labute approximate surface area is 143 Å². The van der Waals surface area contributed by atoms with E-state index in [1.807, 2.05) is 19.1 Å². The fraction of sp³-hybridized carbons (Fsp3) is 0.333. The molecule has 3 heterocycles. The first-order valence-electron chi connectivity index (χ1n) is 8.26. The molecular weight excluding hydrogens is 323 g/mol. The minimum atomic E-state index is -0.483. The van der Waals surface area contributed by atoms with Crippen molar-refractivity contribution in [2.45, 2.75) is 13.0 Å². The van der Waals surface area contributed by atoms with Crippen LogP contribution in [0.15, 0.2) is 41.3 Å². The quantitative estimate of drug-likeness (QED) is 0.793. The number of nitrogens with one attached hydrogen (secondary N) is 1. The van der Waals surface area contributed by atoms with Crippen molar-refractivity contribution >= 4 is 16.7 Å². The zero-order valence-electron chi connectivity index (χ0n) is 13.9. The van der Waals surface area contributed by atoms with Crippen LogP contribution in [0.3, 0.4) is 0 Å². The van der Waals surface area contributed by atoms with Crippen molar-refractivity contribution in [1.29, 1.82) is 0 Å². The number of aromatic nitrogens is 3. The van der Waals surface area contributed by atoms with E-state index >= 15 is 0 Å². The monoisotopic (exact) mass is 342 g/mol. The van der Waals surface area contributed by atoms with E-state index in [1.54, 1.807) is 18.3 Å².